The molecule has 0 aliphatic carbocycles. The highest BCUT2D eigenvalue weighted by Crippen LogP contribution is 2.33. The summed E-state index contributed by atoms with van der Waals surface area (Å²) >= 11 is 0. The first-order valence-electron chi connectivity index (χ1n) is 6.63. The predicted molar refractivity (Wildman–Crippen MR) is 78.8 cm³/mol. The number of benzene rings is 1. The molecule has 0 aromatic heterocycles. The van der Waals surface area contributed by atoms with Gasteiger partial charge in [-0.3, -0.25) is 0 Å². The SMILES string of the molecule is CN(CC(C)(C)CN)S(=O)(=O)c1ccc(C(F)(F)F)c(C#N)c1. The first kappa shape index (κ1) is 19.4. The lowest BCUT2D eigenvalue weighted by Crippen LogP contribution is -2.39. The number of alkyl halides is 3. The molecule has 2 N–H and O–H groups in total. The highest BCUT2D eigenvalue weighted by molar-refractivity contribution is 7.89. The van der Waals surface area contributed by atoms with Gasteiger partial charge in [-0.1, -0.05) is 13.8 Å². The predicted octanol–water partition coefficient (Wildman–Crippen LogP) is 2.18. The van der Waals surface area contributed by atoms with Crippen molar-refractivity contribution in [3.8, 4) is 6.07 Å². The molecule has 1 rings (SSSR count). The van der Waals surface area contributed by atoms with E-state index >= 15 is 0 Å². The summed E-state index contributed by atoms with van der Waals surface area (Å²) in [6.07, 6.45) is -4.72. The van der Waals surface area contributed by atoms with Crippen molar-refractivity contribution in [2.75, 3.05) is 20.1 Å². The Morgan fingerprint density at radius 2 is 1.87 bits per heavy atom. The van der Waals surface area contributed by atoms with Gasteiger partial charge in [0, 0.05) is 13.6 Å². The van der Waals surface area contributed by atoms with Crippen molar-refractivity contribution in [2.24, 2.45) is 11.1 Å². The highest BCUT2D eigenvalue weighted by atomic mass is 32.2. The standard InChI is InChI=1S/C14H18F3N3O2S/c1-13(2,8-19)9-20(3)23(21,22)11-4-5-12(14(15,16)17)10(6-11)7-18/h4-6H,8-9,19H2,1-3H3. The molecule has 0 heterocycles. The molecule has 128 valence electrons. The Hall–Kier alpha value is -1.63. The van der Waals surface area contributed by atoms with Crippen LogP contribution in [0.3, 0.4) is 0 Å². The summed E-state index contributed by atoms with van der Waals surface area (Å²) in [5, 5.41) is 8.86. The third-order valence-corrected chi connectivity index (χ3v) is 5.13. The maximum atomic E-state index is 12.8. The minimum Gasteiger partial charge on any atom is -0.330 e. The Morgan fingerprint density at radius 3 is 2.30 bits per heavy atom. The molecule has 0 unspecified atom stereocenters. The number of hydrogen-bond acceptors (Lipinski definition) is 4. The summed E-state index contributed by atoms with van der Waals surface area (Å²) in [5.41, 5.74) is 3.17. The van der Waals surface area contributed by atoms with Gasteiger partial charge in [0.05, 0.1) is 22.1 Å². The Morgan fingerprint density at radius 1 is 1.30 bits per heavy atom. The molecule has 23 heavy (non-hydrogen) atoms. The quantitative estimate of drug-likeness (QED) is 0.883. The minimum atomic E-state index is -4.72. The molecule has 5 nitrogen and oxygen atoms in total. The van der Waals surface area contributed by atoms with Crippen molar-refractivity contribution >= 4 is 10.0 Å². The maximum absolute atomic E-state index is 12.8. The third-order valence-electron chi connectivity index (χ3n) is 3.33. The van der Waals surface area contributed by atoms with Gasteiger partial charge in [-0.25, -0.2) is 12.7 Å². The van der Waals surface area contributed by atoms with E-state index in [2.05, 4.69) is 0 Å². The number of sulfonamides is 1. The van der Waals surface area contributed by atoms with E-state index in [1.165, 1.54) is 13.1 Å². The van der Waals surface area contributed by atoms with Gasteiger partial charge < -0.3 is 5.73 Å². The monoisotopic (exact) mass is 349 g/mol. The first-order valence-corrected chi connectivity index (χ1v) is 8.07. The number of nitrogens with two attached hydrogens (primary N) is 1. The van der Waals surface area contributed by atoms with Crippen molar-refractivity contribution in [2.45, 2.75) is 24.9 Å². The lowest BCUT2D eigenvalue weighted by molar-refractivity contribution is -0.137. The molecular formula is C14H18F3N3O2S. The lowest BCUT2D eigenvalue weighted by Gasteiger charge is -2.28. The topological polar surface area (TPSA) is 87.2 Å². The van der Waals surface area contributed by atoms with E-state index in [4.69, 9.17) is 11.0 Å². The van der Waals surface area contributed by atoms with E-state index in [1.807, 2.05) is 0 Å². The van der Waals surface area contributed by atoms with Crippen molar-refractivity contribution in [3.05, 3.63) is 29.3 Å². The zero-order chi connectivity index (χ0) is 18.1. The fourth-order valence-corrected chi connectivity index (χ4v) is 3.34. The lowest BCUT2D eigenvalue weighted by atomic mass is 9.94. The summed E-state index contributed by atoms with van der Waals surface area (Å²) < 4.78 is 64.2. The minimum absolute atomic E-state index is 0.0920. The van der Waals surface area contributed by atoms with Crippen molar-refractivity contribution in [3.63, 3.8) is 0 Å². The van der Waals surface area contributed by atoms with Crippen LogP contribution in [-0.4, -0.2) is 32.9 Å². The van der Waals surface area contributed by atoms with Gasteiger partial charge in [0.1, 0.15) is 0 Å². The first-order chi connectivity index (χ1) is 10.3. The normalized spacial score (nSPS) is 13.2. The number of hydrogen-bond donors (Lipinski definition) is 1. The van der Waals surface area contributed by atoms with Crippen LogP contribution >= 0.6 is 0 Å². The highest BCUT2D eigenvalue weighted by Gasteiger charge is 2.35. The van der Waals surface area contributed by atoms with E-state index in [1.54, 1.807) is 13.8 Å². The molecule has 0 amide bonds. The fraction of sp³-hybridized carbons (Fsp3) is 0.500. The number of nitrogens with zero attached hydrogens (tertiary/aromatic N) is 2. The second-order valence-corrected chi connectivity index (χ2v) is 7.99. The van der Waals surface area contributed by atoms with E-state index in [0.717, 1.165) is 16.4 Å². The summed E-state index contributed by atoms with van der Waals surface area (Å²) in [7, 11) is -2.70. The van der Waals surface area contributed by atoms with Gasteiger partial charge in [0.15, 0.2) is 0 Å². The summed E-state index contributed by atoms with van der Waals surface area (Å²) in [5.74, 6) is 0. The molecule has 0 bridgehead atoms. The van der Waals surface area contributed by atoms with E-state index in [9.17, 15) is 21.6 Å². The maximum Gasteiger partial charge on any atom is 0.417 e. The van der Waals surface area contributed by atoms with Crippen LogP contribution in [0.25, 0.3) is 0 Å². The van der Waals surface area contributed by atoms with Crippen LogP contribution in [-0.2, 0) is 16.2 Å². The molecule has 0 aliphatic heterocycles. The molecule has 9 heteroatoms. The van der Waals surface area contributed by atoms with Crippen LogP contribution < -0.4 is 5.73 Å². The summed E-state index contributed by atoms with van der Waals surface area (Å²) in [6, 6.07) is 3.59. The van der Waals surface area contributed by atoms with Crippen LogP contribution in [0.4, 0.5) is 13.2 Å². The van der Waals surface area contributed by atoms with Gasteiger partial charge in [0.2, 0.25) is 10.0 Å². The molecule has 0 aliphatic rings. The van der Waals surface area contributed by atoms with Gasteiger partial charge in [-0.15, -0.1) is 0 Å². The Bertz CT molecular complexity index is 722. The average molecular weight is 349 g/mol. The zero-order valence-corrected chi connectivity index (χ0v) is 13.8. The van der Waals surface area contributed by atoms with Crippen LogP contribution in [0.2, 0.25) is 0 Å². The number of rotatable bonds is 5. The molecule has 0 spiro atoms. The third kappa shape index (κ3) is 4.43. The second kappa shape index (κ2) is 6.47. The Balaban J connectivity index is 3.28. The van der Waals surface area contributed by atoms with E-state index in [0.29, 0.717) is 6.07 Å². The smallest absolute Gasteiger partial charge is 0.330 e. The van der Waals surface area contributed by atoms with Crippen molar-refractivity contribution in [1.29, 1.82) is 5.26 Å². The molecule has 0 atom stereocenters. The number of nitriles is 1. The molecule has 1 aromatic carbocycles. The average Bonchev–Trinajstić information content (AvgIpc) is 2.45. The van der Waals surface area contributed by atoms with Crippen LogP contribution in [0.5, 0.6) is 0 Å². The largest absolute Gasteiger partial charge is 0.417 e. The molecular weight excluding hydrogens is 331 g/mol. The molecule has 0 radical (unpaired) electrons. The van der Waals surface area contributed by atoms with Gasteiger partial charge in [-0.2, -0.15) is 18.4 Å². The van der Waals surface area contributed by atoms with E-state index in [-0.39, 0.29) is 18.0 Å². The molecule has 0 saturated heterocycles. The summed E-state index contributed by atoms with van der Waals surface area (Å²) in [4.78, 5) is -0.364. The van der Waals surface area contributed by atoms with E-state index < -0.39 is 32.7 Å². The van der Waals surface area contributed by atoms with Gasteiger partial charge in [0.25, 0.3) is 0 Å². The molecule has 0 saturated carbocycles. The van der Waals surface area contributed by atoms with Gasteiger partial charge >= 0.3 is 6.18 Å². The second-order valence-electron chi connectivity index (χ2n) is 5.95. The Kier molecular flexibility index (Phi) is 5.46. The van der Waals surface area contributed by atoms with Crippen molar-refractivity contribution in [1.82, 2.24) is 4.31 Å². The number of halogens is 3. The fourth-order valence-electron chi connectivity index (χ4n) is 1.96. The van der Waals surface area contributed by atoms with Gasteiger partial charge in [-0.05, 0) is 30.2 Å². The van der Waals surface area contributed by atoms with Crippen LogP contribution in [0.1, 0.15) is 25.0 Å². The zero-order valence-electron chi connectivity index (χ0n) is 13.0. The Labute approximate surface area is 133 Å². The van der Waals surface area contributed by atoms with Crippen LogP contribution in [0, 0.1) is 16.7 Å². The van der Waals surface area contributed by atoms with Crippen LogP contribution in [0.15, 0.2) is 23.1 Å². The molecule has 0 fully saturated rings. The van der Waals surface area contributed by atoms with Crippen molar-refractivity contribution < 1.29 is 21.6 Å². The summed E-state index contributed by atoms with van der Waals surface area (Å²) in [6.45, 7) is 3.87. The molecule has 1 aromatic rings.